The van der Waals surface area contributed by atoms with Gasteiger partial charge in [-0.2, -0.15) is 0 Å². The zero-order valence-corrected chi connectivity index (χ0v) is 13.8. The molecule has 2 heterocycles. The van der Waals surface area contributed by atoms with Crippen LogP contribution in [0.2, 0.25) is 0 Å². The summed E-state index contributed by atoms with van der Waals surface area (Å²) in [5.41, 5.74) is -0.259. The first kappa shape index (κ1) is 16.7. The molecule has 25 heavy (non-hydrogen) atoms. The van der Waals surface area contributed by atoms with Crippen LogP contribution in [-0.4, -0.2) is 41.3 Å². The lowest BCUT2D eigenvalue weighted by molar-refractivity contribution is -0.132. The third-order valence-electron chi connectivity index (χ3n) is 4.45. The first-order valence-corrected chi connectivity index (χ1v) is 7.72. The van der Waals surface area contributed by atoms with Crippen molar-refractivity contribution in [3.05, 3.63) is 34.7 Å². The van der Waals surface area contributed by atoms with E-state index in [0.717, 1.165) is 24.0 Å². The second kappa shape index (κ2) is 6.08. The van der Waals surface area contributed by atoms with E-state index in [-0.39, 0.29) is 18.6 Å². The van der Waals surface area contributed by atoms with Crippen molar-refractivity contribution in [2.45, 2.75) is 31.7 Å². The molecule has 130 valence electrons. The summed E-state index contributed by atoms with van der Waals surface area (Å²) in [6.45, 7) is 1.99. The smallest absolute Gasteiger partial charge is 0.354 e. The van der Waals surface area contributed by atoms with Gasteiger partial charge in [-0.3, -0.25) is 9.59 Å². The average Bonchev–Trinajstić information content (AvgIpc) is 3.12. The summed E-state index contributed by atoms with van der Waals surface area (Å²) in [5, 5.41) is 7.08. The lowest BCUT2D eigenvalue weighted by Crippen LogP contribution is -2.48. The molecule has 9 heteroatoms. The van der Waals surface area contributed by atoms with Gasteiger partial charge in [-0.25, -0.2) is 9.69 Å². The van der Waals surface area contributed by atoms with E-state index in [2.05, 4.69) is 15.1 Å². The first-order valence-electron chi connectivity index (χ1n) is 7.72. The summed E-state index contributed by atoms with van der Waals surface area (Å²) in [6, 6.07) is 6.98. The highest BCUT2D eigenvalue weighted by Gasteiger charge is 2.61. The lowest BCUT2D eigenvalue weighted by atomic mass is 9.92. The molecule has 1 fully saturated rings. The largest absolute Gasteiger partial charge is 0.464 e. The van der Waals surface area contributed by atoms with Crippen molar-refractivity contribution in [1.29, 1.82) is 0 Å². The number of benzene rings is 1. The molecule has 9 nitrogen and oxygen atoms in total. The number of nitrogens with zero attached hydrogens (tertiary/aromatic N) is 4. The highest BCUT2D eigenvalue weighted by molar-refractivity contribution is 6.39. The minimum Gasteiger partial charge on any atom is -0.464 e. The van der Waals surface area contributed by atoms with E-state index >= 15 is 0 Å². The maximum absolute atomic E-state index is 13.0. The first-order chi connectivity index (χ1) is 12.0. The van der Waals surface area contributed by atoms with Crippen LogP contribution in [0, 0.1) is 4.91 Å². The Bertz CT molecular complexity index is 788. The summed E-state index contributed by atoms with van der Waals surface area (Å²) in [7, 11) is 1.16. The Hall–Kier alpha value is -3.10. The van der Waals surface area contributed by atoms with Crippen molar-refractivity contribution in [2.24, 2.45) is 10.4 Å². The molecular weight excluding hydrogens is 328 g/mol. The van der Waals surface area contributed by atoms with Gasteiger partial charge in [0, 0.05) is 6.42 Å². The number of esters is 1. The Morgan fingerprint density at radius 2 is 1.96 bits per heavy atom. The number of hydrogen-bond acceptors (Lipinski definition) is 7. The number of rotatable bonds is 4. The molecule has 0 aliphatic carbocycles. The second-order valence-electron chi connectivity index (χ2n) is 5.85. The van der Waals surface area contributed by atoms with Gasteiger partial charge in [0.2, 0.25) is 5.91 Å². The lowest BCUT2D eigenvalue weighted by Gasteiger charge is -2.24. The summed E-state index contributed by atoms with van der Waals surface area (Å²) < 4.78 is 4.58. The second-order valence-corrected chi connectivity index (χ2v) is 5.85. The van der Waals surface area contributed by atoms with E-state index in [1.165, 1.54) is 0 Å². The van der Waals surface area contributed by atoms with E-state index < -0.39 is 23.3 Å². The van der Waals surface area contributed by atoms with Gasteiger partial charge >= 0.3 is 5.97 Å². The zero-order chi connectivity index (χ0) is 18.2. The molecule has 0 bridgehead atoms. The molecule has 1 atom stereocenters. The summed E-state index contributed by atoms with van der Waals surface area (Å²) in [4.78, 5) is 49.3. The van der Waals surface area contributed by atoms with Crippen LogP contribution in [0.25, 0.3) is 0 Å². The molecule has 0 aromatic heterocycles. The Balaban J connectivity index is 1.95. The van der Waals surface area contributed by atoms with Gasteiger partial charge in [-0.15, -0.1) is 15.1 Å². The van der Waals surface area contributed by atoms with Gasteiger partial charge in [0.15, 0.2) is 11.3 Å². The fraction of sp³-hybridized carbons (Fsp3) is 0.375. The van der Waals surface area contributed by atoms with Crippen LogP contribution in [0.15, 0.2) is 34.7 Å². The highest BCUT2D eigenvalue weighted by atomic mass is 16.5. The van der Waals surface area contributed by atoms with Crippen molar-refractivity contribution in [3.8, 4) is 0 Å². The molecule has 2 aliphatic heterocycles. The Kier molecular flexibility index (Phi) is 4.07. The number of hydrazone groups is 1. The molecule has 2 amide bonds. The SMILES string of the molecule is CCc1ccc(N2C(=O)C[C@]3(CC(C(=O)OC)=NN3N=O)C2=O)cc1. The summed E-state index contributed by atoms with van der Waals surface area (Å²) >= 11 is 0. The van der Waals surface area contributed by atoms with E-state index in [4.69, 9.17) is 0 Å². The van der Waals surface area contributed by atoms with Crippen molar-refractivity contribution in [1.82, 2.24) is 5.12 Å². The topological polar surface area (TPSA) is 109 Å². The molecule has 1 aromatic rings. The Morgan fingerprint density at radius 1 is 1.28 bits per heavy atom. The molecular formula is C16H16N4O5. The zero-order valence-electron chi connectivity index (χ0n) is 13.8. The highest BCUT2D eigenvalue weighted by Crippen LogP contribution is 2.40. The maximum Gasteiger partial charge on any atom is 0.354 e. The predicted octanol–water partition coefficient (Wildman–Crippen LogP) is 1.17. The number of anilines is 1. The van der Waals surface area contributed by atoms with Crippen LogP contribution < -0.4 is 4.90 Å². The number of amides is 2. The average molecular weight is 344 g/mol. The molecule has 0 unspecified atom stereocenters. The number of methoxy groups -OCH3 is 1. The minimum absolute atomic E-state index is 0.119. The molecule has 2 aliphatic rings. The number of ether oxygens (including phenoxy) is 1. The standard InChI is InChI=1S/C16H16N4O5/c1-3-10-4-6-11(7-5-10)19-13(21)9-16(15(19)23)8-12(14(22)25-2)17-20(16)18-24/h4-7H,3,8-9H2,1-2H3/t16-/m1/s1. The van der Waals surface area contributed by atoms with Crippen molar-refractivity contribution >= 4 is 29.2 Å². The van der Waals surface area contributed by atoms with Gasteiger partial charge in [0.1, 0.15) is 0 Å². The van der Waals surface area contributed by atoms with Crippen LogP contribution in [0.4, 0.5) is 5.69 Å². The van der Waals surface area contributed by atoms with Crippen molar-refractivity contribution in [2.75, 3.05) is 12.0 Å². The Labute approximate surface area is 143 Å². The summed E-state index contributed by atoms with van der Waals surface area (Å²) in [6.07, 6.45) is 0.321. The fourth-order valence-electron chi connectivity index (χ4n) is 3.08. The van der Waals surface area contributed by atoms with Crippen molar-refractivity contribution in [3.63, 3.8) is 0 Å². The summed E-state index contributed by atoms with van der Waals surface area (Å²) in [5.74, 6) is -1.88. The molecule has 1 saturated heterocycles. The van der Waals surface area contributed by atoms with Gasteiger partial charge < -0.3 is 4.74 Å². The monoisotopic (exact) mass is 344 g/mol. The predicted molar refractivity (Wildman–Crippen MR) is 87.4 cm³/mol. The Morgan fingerprint density at radius 3 is 2.52 bits per heavy atom. The number of aryl methyl sites for hydroxylation is 1. The molecule has 3 rings (SSSR count). The molecule has 0 radical (unpaired) electrons. The number of carbonyl (C=O) groups excluding carboxylic acids is 3. The van der Waals surface area contributed by atoms with Crippen LogP contribution in [0.5, 0.6) is 0 Å². The molecule has 0 saturated carbocycles. The molecule has 0 N–H and O–H groups in total. The molecule has 1 aromatic carbocycles. The number of nitroso groups, excluding NO2 is 1. The van der Waals surface area contributed by atoms with Crippen LogP contribution in [0.1, 0.15) is 25.3 Å². The van der Waals surface area contributed by atoms with Crippen molar-refractivity contribution < 1.29 is 19.1 Å². The van der Waals surface area contributed by atoms with Gasteiger partial charge in [0.25, 0.3) is 5.91 Å². The quantitative estimate of drug-likeness (QED) is 0.461. The van der Waals surface area contributed by atoms with Crippen LogP contribution >= 0.6 is 0 Å². The maximum atomic E-state index is 13.0. The van der Waals surface area contributed by atoms with E-state index in [1.807, 2.05) is 19.1 Å². The normalized spacial score (nSPS) is 22.6. The van der Waals surface area contributed by atoms with Gasteiger partial charge in [0.05, 0.1) is 24.5 Å². The fourth-order valence-corrected chi connectivity index (χ4v) is 3.08. The van der Waals surface area contributed by atoms with Gasteiger partial charge in [-0.1, -0.05) is 19.1 Å². The van der Waals surface area contributed by atoms with Crippen LogP contribution in [-0.2, 0) is 25.5 Å². The van der Waals surface area contributed by atoms with E-state index in [0.29, 0.717) is 10.8 Å². The van der Waals surface area contributed by atoms with Crippen LogP contribution in [0.3, 0.4) is 0 Å². The minimum atomic E-state index is -1.61. The number of carbonyl (C=O) groups is 3. The van der Waals surface area contributed by atoms with E-state index in [9.17, 15) is 19.3 Å². The number of hydrogen-bond donors (Lipinski definition) is 0. The number of imide groups is 1. The van der Waals surface area contributed by atoms with Gasteiger partial charge in [-0.05, 0) is 24.1 Å². The van der Waals surface area contributed by atoms with E-state index in [1.54, 1.807) is 12.1 Å². The molecule has 1 spiro atoms. The third kappa shape index (κ3) is 2.48. The third-order valence-corrected chi connectivity index (χ3v) is 4.45.